The van der Waals surface area contributed by atoms with Crippen molar-refractivity contribution in [2.24, 2.45) is 0 Å². The van der Waals surface area contributed by atoms with Crippen LogP contribution in [0.5, 0.6) is 0 Å². The summed E-state index contributed by atoms with van der Waals surface area (Å²) >= 11 is 0. The molecule has 1 heteroatoms. The first-order valence-corrected chi connectivity index (χ1v) is 5.70. The van der Waals surface area contributed by atoms with E-state index >= 15 is 0 Å². The van der Waals surface area contributed by atoms with E-state index in [4.69, 9.17) is 0 Å². The molecule has 0 radical (unpaired) electrons. The van der Waals surface area contributed by atoms with Crippen LogP contribution in [-0.4, -0.2) is 4.98 Å². The van der Waals surface area contributed by atoms with Gasteiger partial charge in [0.1, 0.15) is 0 Å². The monoisotopic (exact) mass is 211 g/mol. The van der Waals surface area contributed by atoms with Crippen LogP contribution < -0.4 is 0 Å². The van der Waals surface area contributed by atoms with Crippen molar-refractivity contribution in [2.45, 2.75) is 26.7 Å². The number of nitrogens with zero attached hydrogens (tertiary/aromatic N) is 1. The SMILES string of the molecule is Cc1cc(C(C)C)ccc1-c1ccccn1. The molecule has 0 spiro atoms. The molecule has 0 saturated heterocycles. The molecule has 1 aromatic heterocycles. The maximum absolute atomic E-state index is 4.38. The summed E-state index contributed by atoms with van der Waals surface area (Å²) in [5.74, 6) is 0.580. The second-order valence-electron chi connectivity index (χ2n) is 4.44. The number of rotatable bonds is 2. The first-order chi connectivity index (χ1) is 7.68. The number of aromatic nitrogens is 1. The number of hydrogen-bond donors (Lipinski definition) is 0. The van der Waals surface area contributed by atoms with E-state index in [9.17, 15) is 0 Å². The highest BCUT2D eigenvalue weighted by molar-refractivity contribution is 5.63. The molecule has 0 unspecified atom stereocenters. The van der Waals surface area contributed by atoms with E-state index in [2.05, 4.69) is 50.0 Å². The van der Waals surface area contributed by atoms with Crippen molar-refractivity contribution in [3.63, 3.8) is 0 Å². The van der Waals surface area contributed by atoms with E-state index < -0.39 is 0 Å². The molecule has 0 fully saturated rings. The highest BCUT2D eigenvalue weighted by Gasteiger charge is 2.05. The number of benzene rings is 1. The zero-order valence-electron chi connectivity index (χ0n) is 10.1. The molecule has 1 aromatic carbocycles. The topological polar surface area (TPSA) is 12.9 Å². The minimum Gasteiger partial charge on any atom is -0.256 e. The third-order valence-corrected chi connectivity index (χ3v) is 2.86. The lowest BCUT2D eigenvalue weighted by Crippen LogP contribution is -1.91. The van der Waals surface area contributed by atoms with Crippen LogP contribution in [0.15, 0.2) is 42.6 Å². The van der Waals surface area contributed by atoms with Crippen molar-refractivity contribution >= 4 is 0 Å². The molecule has 16 heavy (non-hydrogen) atoms. The fourth-order valence-electron chi connectivity index (χ4n) is 1.86. The molecule has 0 amide bonds. The average Bonchev–Trinajstić information content (AvgIpc) is 2.30. The average molecular weight is 211 g/mol. The van der Waals surface area contributed by atoms with Gasteiger partial charge in [0, 0.05) is 11.8 Å². The molecular weight excluding hydrogens is 194 g/mol. The lowest BCUT2D eigenvalue weighted by molar-refractivity contribution is 0.865. The van der Waals surface area contributed by atoms with Crippen LogP contribution in [0.25, 0.3) is 11.3 Å². The van der Waals surface area contributed by atoms with Crippen LogP contribution >= 0.6 is 0 Å². The molecule has 1 heterocycles. The van der Waals surface area contributed by atoms with Crippen molar-refractivity contribution in [3.05, 3.63) is 53.7 Å². The van der Waals surface area contributed by atoms with Crippen LogP contribution in [0.1, 0.15) is 30.9 Å². The summed E-state index contributed by atoms with van der Waals surface area (Å²) in [7, 11) is 0. The Kier molecular flexibility index (Phi) is 3.04. The Bertz CT molecular complexity index is 472. The number of pyridine rings is 1. The van der Waals surface area contributed by atoms with Crippen molar-refractivity contribution < 1.29 is 0 Å². The van der Waals surface area contributed by atoms with E-state index in [1.54, 1.807) is 0 Å². The largest absolute Gasteiger partial charge is 0.256 e. The third kappa shape index (κ3) is 2.13. The molecule has 2 rings (SSSR count). The number of aryl methyl sites for hydroxylation is 1. The molecule has 0 aliphatic carbocycles. The molecule has 1 nitrogen and oxygen atoms in total. The fraction of sp³-hybridized carbons (Fsp3) is 0.267. The van der Waals surface area contributed by atoms with E-state index in [0.717, 1.165) is 5.69 Å². The minimum atomic E-state index is 0.580. The summed E-state index contributed by atoms with van der Waals surface area (Å²) < 4.78 is 0. The maximum atomic E-state index is 4.38. The van der Waals surface area contributed by atoms with Gasteiger partial charge >= 0.3 is 0 Å². The van der Waals surface area contributed by atoms with Gasteiger partial charge in [-0.05, 0) is 36.1 Å². The van der Waals surface area contributed by atoms with Crippen LogP contribution in [0.2, 0.25) is 0 Å². The Morgan fingerprint density at radius 3 is 2.44 bits per heavy atom. The number of hydrogen-bond acceptors (Lipinski definition) is 1. The Balaban J connectivity index is 2.45. The van der Waals surface area contributed by atoms with Crippen LogP contribution in [0.4, 0.5) is 0 Å². The van der Waals surface area contributed by atoms with Gasteiger partial charge < -0.3 is 0 Å². The van der Waals surface area contributed by atoms with Crippen molar-refractivity contribution in [3.8, 4) is 11.3 Å². The normalized spacial score (nSPS) is 10.8. The first kappa shape index (κ1) is 10.9. The molecule has 0 aliphatic rings. The zero-order valence-corrected chi connectivity index (χ0v) is 10.1. The maximum Gasteiger partial charge on any atom is 0.0704 e. The Hall–Kier alpha value is -1.63. The summed E-state index contributed by atoms with van der Waals surface area (Å²) in [5, 5.41) is 0. The molecule has 0 saturated carbocycles. The molecule has 0 atom stereocenters. The predicted molar refractivity (Wildman–Crippen MR) is 68.5 cm³/mol. The van der Waals surface area contributed by atoms with Gasteiger partial charge in [0.15, 0.2) is 0 Å². The van der Waals surface area contributed by atoms with E-state index in [-0.39, 0.29) is 0 Å². The summed E-state index contributed by atoms with van der Waals surface area (Å²) in [4.78, 5) is 4.38. The van der Waals surface area contributed by atoms with Gasteiger partial charge in [-0.1, -0.05) is 38.1 Å². The Labute approximate surface area is 97.2 Å². The first-order valence-electron chi connectivity index (χ1n) is 5.70. The second-order valence-corrected chi connectivity index (χ2v) is 4.44. The standard InChI is InChI=1S/C15H17N/c1-11(2)13-7-8-14(12(3)10-13)15-6-4-5-9-16-15/h4-11H,1-3H3. The highest BCUT2D eigenvalue weighted by atomic mass is 14.7. The highest BCUT2D eigenvalue weighted by Crippen LogP contribution is 2.24. The molecule has 0 bridgehead atoms. The zero-order chi connectivity index (χ0) is 11.5. The predicted octanol–water partition coefficient (Wildman–Crippen LogP) is 4.18. The quantitative estimate of drug-likeness (QED) is 0.726. The van der Waals surface area contributed by atoms with Crippen molar-refractivity contribution in [2.75, 3.05) is 0 Å². The van der Waals surface area contributed by atoms with Gasteiger partial charge in [0.05, 0.1) is 5.69 Å². The summed E-state index contributed by atoms with van der Waals surface area (Å²) in [6, 6.07) is 12.7. The van der Waals surface area contributed by atoms with Crippen molar-refractivity contribution in [1.82, 2.24) is 4.98 Å². The smallest absolute Gasteiger partial charge is 0.0704 e. The lowest BCUT2D eigenvalue weighted by atomic mass is 9.96. The van der Waals surface area contributed by atoms with E-state index in [0.29, 0.717) is 5.92 Å². The summed E-state index contributed by atoms with van der Waals surface area (Å²) in [6.45, 7) is 6.58. The lowest BCUT2D eigenvalue weighted by Gasteiger charge is -2.10. The Morgan fingerprint density at radius 1 is 1.06 bits per heavy atom. The second kappa shape index (κ2) is 4.48. The molecule has 82 valence electrons. The van der Waals surface area contributed by atoms with E-state index in [1.165, 1.54) is 16.7 Å². The van der Waals surface area contributed by atoms with Gasteiger partial charge in [-0.25, -0.2) is 0 Å². The van der Waals surface area contributed by atoms with Gasteiger partial charge in [-0.3, -0.25) is 4.98 Å². The molecular formula is C15H17N. The molecule has 0 aliphatic heterocycles. The molecule has 0 N–H and O–H groups in total. The van der Waals surface area contributed by atoms with Gasteiger partial charge in [0.25, 0.3) is 0 Å². The van der Waals surface area contributed by atoms with Crippen molar-refractivity contribution in [1.29, 1.82) is 0 Å². The van der Waals surface area contributed by atoms with E-state index in [1.807, 2.05) is 18.3 Å². The molecule has 2 aromatic rings. The summed E-state index contributed by atoms with van der Waals surface area (Å²) in [6.07, 6.45) is 1.84. The van der Waals surface area contributed by atoms with Gasteiger partial charge in [-0.15, -0.1) is 0 Å². The van der Waals surface area contributed by atoms with Crippen LogP contribution in [0.3, 0.4) is 0 Å². The van der Waals surface area contributed by atoms with Gasteiger partial charge in [-0.2, -0.15) is 0 Å². The Morgan fingerprint density at radius 2 is 1.88 bits per heavy atom. The van der Waals surface area contributed by atoms with Crippen LogP contribution in [0, 0.1) is 6.92 Å². The minimum absolute atomic E-state index is 0.580. The van der Waals surface area contributed by atoms with Crippen LogP contribution in [-0.2, 0) is 0 Å². The third-order valence-electron chi connectivity index (χ3n) is 2.86. The summed E-state index contributed by atoms with van der Waals surface area (Å²) in [5.41, 5.74) is 4.96. The van der Waals surface area contributed by atoms with Gasteiger partial charge in [0.2, 0.25) is 0 Å². The fourth-order valence-corrected chi connectivity index (χ4v) is 1.86.